The first-order valence-corrected chi connectivity index (χ1v) is 9.19. The molecule has 1 heterocycles. The van der Waals surface area contributed by atoms with Crippen molar-refractivity contribution in [3.8, 4) is 11.5 Å². The molecule has 9 heteroatoms. The number of benzene rings is 1. The van der Waals surface area contributed by atoms with Gasteiger partial charge in [-0.15, -0.1) is 12.4 Å². The summed E-state index contributed by atoms with van der Waals surface area (Å²) < 4.78 is 15.7. The number of rotatable bonds is 7. The van der Waals surface area contributed by atoms with Gasteiger partial charge >= 0.3 is 0 Å². The molecule has 0 saturated heterocycles. The highest BCUT2D eigenvalue weighted by atomic mass is 35.5. The van der Waals surface area contributed by atoms with Crippen LogP contribution in [0.15, 0.2) is 34.9 Å². The van der Waals surface area contributed by atoms with Crippen LogP contribution < -0.4 is 25.8 Å². The van der Waals surface area contributed by atoms with Gasteiger partial charge in [-0.25, -0.2) is 0 Å². The van der Waals surface area contributed by atoms with Crippen molar-refractivity contribution in [3.05, 3.63) is 41.9 Å². The van der Waals surface area contributed by atoms with Crippen LogP contribution in [0.25, 0.3) is 0 Å². The smallest absolute Gasteiger partial charge is 0.291 e. The van der Waals surface area contributed by atoms with Gasteiger partial charge < -0.3 is 30.3 Å². The van der Waals surface area contributed by atoms with Crippen molar-refractivity contribution >= 4 is 29.9 Å². The Hall–Kier alpha value is -2.71. The van der Waals surface area contributed by atoms with Gasteiger partial charge in [0.1, 0.15) is 0 Å². The molecule has 1 fully saturated rings. The summed E-state index contributed by atoms with van der Waals surface area (Å²) in [6.07, 6.45) is 4.31. The van der Waals surface area contributed by atoms with Gasteiger partial charge in [0, 0.05) is 12.1 Å². The lowest BCUT2D eigenvalue weighted by atomic mass is 10.0. The second-order valence-corrected chi connectivity index (χ2v) is 6.69. The van der Waals surface area contributed by atoms with Gasteiger partial charge in [0.25, 0.3) is 11.8 Å². The Labute approximate surface area is 175 Å². The lowest BCUT2D eigenvalue weighted by molar-refractivity contribution is 0.0929. The summed E-state index contributed by atoms with van der Waals surface area (Å²) in [5.41, 5.74) is 6.40. The maximum absolute atomic E-state index is 13.0. The Morgan fingerprint density at radius 2 is 1.90 bits per heavy atom. The lowest BCUT2D eigenvalue weighted by Crippen LogP contribution is -2.40. The number of nitrogens with two attached hydrogens (primary N) is 1. The van der Waals surface area contributed by atoms with Crippen molar-refractivity contribution in [2.24, 2.45) is 11.7 Å². The number of methoxy groups -OCH3 is 2. The van der Waals surface area contributed by atoms with Crippen LogP contribution in [0.2, 0.25) is 0 Å². The molecule has 29 heavy (non-hydrogen) atoms. The van der Waals surface area contributed by atoms with E-state index in [1.165, 1.54) is 20.5 Å². The van der Waals surface area contributed by atoms with Crippen LogP contribution in [-0.2, 0) is 0 Å². The van der Waals surface area contributed by atoms with Crippen molar-refractivity contribution in [2.45, 2.75) is 25.3 Å². The molecule has 1 aromatic carbocycles. The Balaban J connectivity index is 0.00000300. The summed E-state index contributed by atoms with van der Waals surface area (Å²) in [6.45, 7) is 0.527. The minimum atomic E-state index is -0.466. The number of halogens is 1. The van der Waals surface area contributed by atoms with Gasteiger partial charge in [0.05, 0.1) is 31.7 Å². The van der Waals surface area contributed by atoms with E-state index in [9.17, 15) is 9.59 Å². The van der Waals surface area contributed by atoms with Gasteiger partial charge in [0.15, 0.2) is 17.3 Å². The zero-order valence-corrected chi connectivity index (χ0v) is 17.2. The minimum absolute atomic E-state index is 0. The van der Waals surface area contributed by atoms with E-state index in [-0.39, 0.29) is 41.6 Å². The van der Waals surface area contributed by atoms with Crippen molar-refractivity contribution in [1.29, 1.82) is 0 Å². The van der Waals surface area contributed by atoms with Crippen LogP contribution in [0.3, 0.4) is 0 Å². The fourth-order valence-electron chi connectivity index (χ4n) is 3.52. The third kappa shape index (κ3) is 5.02. The first kappa shape index (κ1) is 22.6. The average Bonchev–Trinajstić information content (AvgIpc) is 3.39. The summed E-state index contributed by atoms with van der Waals surface area (Å²) in [6, 6.07) is 6.28. The number of ether oxygens (including phenoxy) is 2. The van der Waals surface area contributed by atoms with Gasteiger partial charge in [-0.3, -0.25) is 9.59 Å². The highest BCUT2D eigenvalue weighted by molar-refractivity contribution is 6.08. The van der Waals surface area contributed by atoms with E-state index in [1.54, 1.807) is 24.3 Å². The van der Waals surface area contributed by atoms with E-state index in [4.69, 9.17) is 19.6 Å². The number of anilines is 1. The first-order chi connectivity index (χ1) is 13.6. The van der Waals surface area contributed by atoms with Crippen LogP contribution in [0.5, 0.6) is 11.5 Å². The normalized spacial score (nSPS) is 17.9. The third-order valence-corrected chi connectivity index (χ3v) is 5.04. The minimum Gasteiger partial charge on any atom is -0.493 e. The van der Waals surface area contributed by atoms with Crippen LogP contribution in [0.1, 0.15) is 40.2 Å². The van der Waals surface area contributed by atoms with E-state index < -0.39 is 5.91 Å². The molecule has 2 atom stereocenters. The molecule has 0 aliphatic heterocycles. The Bertz CT molecular complexity index is 841. The predicted molar refractivity (Wildman–Crippen MR) is 111 cm³/mol. The number of carbonyl (C=O) groups is 2. The molecule has 0 radical (unpaired) electrons. The Morgan fingerprint density at radius 3 is 2.52 bits per heavy atom. The van der Waals surface area contributed by atoms with E-state index >= 15 is 0 Å². The zero-order chi connectivity index (χ0) is 20.1. The molecule has 1 aliphatic rings. The van der Waals surface area contributed by atoms with Gasteiger partial charge in [-0.05, 0) is 43.5 Å². The van der Waals surface area contributed by atoms with Crippen molar-refractivity contribution in [2.75, 3.05) is 26.1 Å². The van der Waals surface area contributed by atoms with E-state index in [2.05, 4.69) is 10.6 Å². The van der Waals surface area contributed by atoms with Crippen molar-refractivity contribution in [3.63, 3.8) is 0 Å². The number of carbonyl (C=O) groups excluding carboxylic acids is 2. The second kappa shape index (κ2) is 10.2. The molecule has 0 bridgehead atoms. The summed E-state index contributed by atoms with van der Waals surface area (Å²) >= 11 is 0. The molecule has 4 N–H and O–H groups in total. The molecule has 1 aliphatic carbocycles. The standard InChI is InChI=1S/C20H25N3O5.ClH/c1-26-17-9-13(19(24)22-14-6-3-5-12(14)11-21)15(10-18(17)27-2)23-20(25)16-7-4-8-28-16;/h4,7-10,12,14H,3,5-6,11,21H2,1-2H3,(H,22,24)(H,23,25);1H. The molecular formula is C20H26ClN3O5. The number of hydrogen-bond donors (Lipinski definition) is 3. The number of hydrogen-bond acceptors (Lipinski definition) is 6. The highest BCUT2D eigenvalue weighted by Crippen LogP contribution is 2.34. The Kier molecular flexibility index (Phi) is 7.92. The summed E-state index contributed by atoms with van der Waals surface area (Å²) in [4.78, 5) is 25.4. The molecule has 158 valence electrons. The summed E-state index contributed by atoms with van der Waals surface area (Å²) in [5.74, 6) is 0.415. The SMILES string of the molecule is COc1cc(NC(=O)c2ccco2)c(C(=O)NC2CCCC2CN)cc1OC.Cl. The molecule has 8 nitrogen and oxygen atoms in total. The van der Waals surface area contributed by atoms with E-state index in [0.29, 0.717) is 23.7 Å². The molecule has 2 unspecified atom stereocenters. The van der Waals surface area contributed by atoms with E-state index in [0.717, 1.165) is 19.3 Å². The molecule has 2 aromatic rings. The van der Waals surface area contributed by atoms with Gasteiger partial charge in [-0.1, -0.05) is 6.42 Å². The number of amides is 2. The quantitative estimate of drug-likeness (QED) is 0.630. The van der Waals surface area contributed by atoms with Crippen LogP contribution in [-0.4, -0.2) is 38.6 Å². The predicted octanol–water partition coefficient (Wildman–Crippen LogP) is 2.83. The lowest BCUT2D eigenvalue weighted by Gasteiger charge is -2.21. The molecule has 0 spiro atoms. The highest BCUT2D eigenvalue weighted by Gasteiger charge is 2.29. The summed E-state index contributed by atoms with van der Waals surface area (Å²) in [7, 11) is 2.97. The molecule has 2 amide bonds. The molecule has 1 aromatic heterocycles. The van der Waals surface area contributed by atoms with Crippen LogP contribution in [0.4, 0.5) is 5.69 Å². The second-order valence-electron chi connectivity index (χ2n) is 6.69. The molecular weight excluding hydrogens is 398 g/mol. The maximum atomic E-state index is 13.0. The molecule has 3 rings (SSSR count). The largest absolute Gasteiger partial charge is 0.493 e. The fourth-order valence-corrected chi connectivity index (χ4v) is 3.52. The number of nitrogens with one attached hydrogen (secondary N) is 2. The third-order valence-electron chi connectivity index (χ3n) is 5.04. The fraction of sp³-hybridized carbons (Fsp3) is 0.400. The first-order valence-electron chi connectivity index (χ1n) is 9.19. The van der Waals surface area contributed by atoms with Gasteiger partial charge in [-0.2, -0.15) is 0 Å². The van der Waals surface area contributed by atoms with Gasteiger partial charge in [0.2, 0.25) is 0 Å². The monoisotopic (exact) mass is 423 g/mol. The summed E-state index contributed by atoms with van der Waals surface area (Å²) in [5, 5.41) is 5.76. The molecule has 1 saturated carbocycles. The Morgan fingerprint density at radius 1 is 1.17 bits per heavy atom. The van der Waals surface area contributed by atoms with E-state index in [1.807, 2.05) is 0 Å². The van der Waals surface area contributed by atoms with Crippen LogP contribution in [0, 0.1) is 5.92 Å². The topological polar surface area (TPSA) is 116 Å². The zero-order valence-electron chi connectivity index (χ0n) is 16.4. The maximum Gasteiger partial charge on any atom is 0.291 e. The van der Waals surface area contributed by atoms with Crippen LogP contribution >= 0.6 is 12.4 Å². The van der Waals surface area contributed by atoms with Crippen molar-refractivity contribution in [1.82, 2.24) is 5.32 Å². The number of furan rings is 1. The average molecular weight is 424 g/mol. The van der Waals surface area contributed by atoms with Crippen molar-refractivity contribution < 1.29 is 23.5 Å².